The minimum absolute atomic E-state index is 0.518. The van der Waals surface area contributed by atoms with Gasteiger partial charge in [-0.25, -0.2) is 0 Å². The van der Waals surface area contributed by atoms with E-state index in [0.717, 1.165) is 6.54 Å². The molecule has 0 radical (unpaired) electrons. The summed E-state index contributed by atoms with van der Waals surface area (Å²) in [6.07, 6.45) is 0. The monoisotopic (exact) mass is 229 g/mol. The first kappa shape index (κ1) is 10.1. The zero-order valence-corrected chi connectivity index (χ0v) is 10.1. The van der Waals surface area contributed by atoms with E-state index in [1.807, 2.05) is 11.3 Å². The summed E-state index contributed by atoms with van der Waals surface area (Å²) in [6.45, 7) is 3.30. The first-order chi connectivity index (χ1) is 7.86. The Morgan fingerprint density at radius 3 is 2.81 bits per heavy atom. The molecule has 0 fully saturated rings. The molecule has 2 heterocycles. The first-order valence-electron chi connectivity index (χ1n) is 5.71. The average Bonchev–Trinajstić information content (AvgIpc) is 2.78. The number of nitrogens with one attached hydrogen (secondary N) is 1. The van der Waals surface area contributed by atoms with Gasteiger partial charge in [-0.1, -0.05) is 30.3 Å². The predicted molar refractivity (Wildman–Crippen MR) is 68.9 cm³/mol. The lowest BCUT2D eigenvalue weighted by atomic mass is 9.86. The molecule has 2 heteroatoms. The summed E-state index contributed by atoms with van der Waals surface area (Å²) in [4.78, 5) is 1.54. The molecular formula is C14H15NS. The molecule has 2 aromatic rings. The number of fused-ring (bicyclic) bond motifs is 1. The maximum Gasteiger partial charge on any atom is 0.0338 e. The van der Waals surface area contributed by atoms with Crippen LogP contribution in [0.1, 0.15) is 28.8 Å². The Morgan fingerprint density at radius 2 is 2.00 bits per heavy atom. The molecule has 2 atom stereocenters. The van der Waals surface area contributed by atoms with Crippen LogP contribution in [0.15, 0.2) is 41.8 Å². The Bertz CT molecular complexity index is 474. The van der Waals surface area contributed by atoms with E-state index in [-0.39, 0.29) is 0 Å². The van der Waals surface area contributed by atoms with Crippen LogP contribution in [0.3, 0.4) is 0 Å². The van der Waals surface area contributed by atoms with Crippen molar-refractivity contribution in [2.24, 2.45) is 0 Å². The van der Waals surface area contributed by atoms with E-state index in [2.05, 4.69) is 54.0 Å². The molecule has 1 nitrogen and oxygen atoms in total. The lowest BCUT2D eigenvalue weighted by Crippen LogP contribution is -2.36. The fraction of sp³-hybridized carbons (Fsp3) is 0.286. The normalized spacial score (nSPS) is 24.1. The van der Waals surface area contributed by atoms with Crippen LogP contribution in [-0.2, 0) is 6.54 Å². The molecule has 0 saturated carbocycles. The minimum atomic E-state index is 0.518. The van der Waals surface area contributed by atoms with Crippen LogP contribution >= 0.6 is 11.3 Å². The Labute approximate surface area is 100 Å². The quantitative estimate of drug-likeness (QED) is 0.790. The Kier molecular flexibility index (Phi) is 2.54. The summed E-state index contributed by atoms with van der Waals surface area (Å²) in [5, 5.41) is 5.79. The summed E-state index contributed by atoms with van der Waals surface area (Å²) in [5.74, 6) is 0.518. The topological polar surface area (TPSA) is 12.0 Å². The van der Waals surface area contributed by atoms with Crippen molar-refractivity contribution in [3.8, 4) is 0 Å². The largest absolute Gasteiger partial charge is 0.309 e. The van der Waals surface area contributed by atoms with Crippen molar-refractivity contribution in [3.05, 3.63) is 57.8 Å². The van der Waals surface area contributed by atoms with Crippen molar-refractivity contribution in [1.82, 2.24) is 5.32 Å². The molecule has 82 valence electrons. The van der Waals surface area contributed by atoms with Crippen LogP contribution in [0.5, 0.6) is 0 Å². The van der Waals surface area contributed by atoms with E-state index in [0.29, 0.717) is 12.0 Å². The molecule has 3 rings (SSSR count). The molecule has 1 aromatic heterocycles. The third-order valence-electron chi connectivity index (χ3n) is 3.34. The third kappa shape index (κ3) is 1.58. The van der Waals surface area contributed by atoms with E-state index >= 15 is 0 Å². The molecule has 0 saturated heterocycles. The Balaban J connectivity index is 2.08. The van der Waals surface area contributed by atoms with Gasteiger partial charge in [0.15, 0.2) is 0 Å². The Hall–Kier alpha value is -1.12. The number of hydrogen-bond acceptors (Lipinski definition) is 2. The number of benzene rings is 1. The zero-order valence-electron chi connectivity index (χ0n) is 9.31. The predicted octanol–water partition coefficient (Wildman–Crippen LogP) is 3.37. The Morgan fingerprint density at radius 1 is 1.19 bits per heavy atom. The molecule has 1 aliphatic heterocycles. The van der Waals surface area contributed by atoms with Gasteiger partial charge in [0.1, 0.15) is 0 Å². The van der Waals surface area contributed by atoms with Crippen LogP contribution in [0.2, 0.25) is 0 Å². The van der Waals surface area contributed by atoms with Gasteiger partial charge in [-0.15, -0.1) is 11.3 Å². The molecule has 0 spiro atoms. The molecule has 0 bridgehead atoms. The van der Waals surface area contributed by atoms with Crippen LogP contribution in [0.25, 0.3) is 0 Å². The highest BCUT2D eigenvalue weighted by molar-refractivity contribution is 7.10. The van der Waals surface area contributed by atoms with Gasteiger partial charge in [0.05, 0.1) is 0 Å². The molecule has 0 unspecified atom stereocenters. The summed E-state index contributed by atoms with van der Waals surface area (Å²) in [7, 11) is 0. The van der Waals surface area contributed by atoms with Crippen LogP contribution in [0.4, 0.5) is 0 Å². The summed E-state index contributed by atoms with van der Waals surface area (Å²) < 4.78 is 0. The van der Waals surface area contributed by atoms with Crippen molar-refractivity contribution in [1.29, 1.82) is 0 Å². The van der Waals surface area contributed by atoms with Gasteiger partial charge >= 0.3 is 0 Å². The van der Waals surface area contributed by atoms with Crippen molar-refractivity contribution >= 4 is 11.3 Å². The molecule has 16 heavy (non-hydrogen) atoms. The number of rotatable bonds is 1. The fourth-order valence-corrected chi connectivity index (χ4v) is 3.64. The standard InChI is InChI=1S/C14H15NS/c1-10-13(11-5-3-2-4-6-11)14-12(9-15-10)7-8-16-14/h2-8,10,13,15H,9H2,1H3/t10-,13+/m1/s1. The smallest absolute Gasteiger partial charge is 0.0338 e. The van der Waals surface area contributed by atoms with Gasteiger partial charge < -0.3 is 5.32 Å². The second-order valence-corrected chi connectivity index (χ2v) is 5.32. The number of hydrogen-bond donors (Lipinski definition) is 1. The van der Waals surface area contributed by atoms with Crippen LogP contribution in [-0.4, -0.2) is 6.04 Å². The van der Waals surface area contributed by atoms with Gasteiger partial charge in [0, 0.05) is 23.4 Å². The van der Waals surface area contributed by atoms with Crippen molar-refractivity contribution < 1.29 is 0 Å². The molecule has 0 amide bonds. The molecule has 0 aliphatic carbocycles. The lowest BCUT2D eigenvalue weighted by molar-refractivity contribution is 0.473. The summed E-state index contributed by atoms with van der Waals surface area (Å²) in [5.41, 5.74) is 2.89. The highest BCUT2D eigenvalue weighted by atomic mass is 32.1. The van der Waals surface area contributed by atoms with Gasteiger partial charge in [0.2, 0.25) is 0 Å². The molecule has 1 aliphatic rings. The van der Waals surface area contributed by atoms with Crippen molar-refractivity contribution in [2.45, 2.75) is 25.4 Å². The maximum atomic E-state index is 3.58. The van der Waals surface area contributed by atoms with E-state index in [1.165, 1.54) is 16.0 Å². The highest BCUT2D eigenvalue weighted by Gasteiger charge is 2.28. The number of thiophene rings is 1. The van der Waals surface area contributed by atoms with Crippen molar-refractivity contribution in [3.63, 3.8) is 0 Å². The SMILES string of the molecule is C[C@H]1NCc2ccsc2[C@@H]1c1ccccc1. The average molecular weight is 229 g/mol. The van der Waals surface area contributed by atoms with Gasteiger partial charge in [-0.2, -0.15) is 0 Å². The molecule has 1 N–H and O–H groups in total. The van der Waals surface area contributed by atoms with Crippen molar-refractivity contribution in [2.75, 3.05) is 0 Å². The zero-order chi connectivity index (χ0) is 11.0. The van der Waals surface area contributed by atoms with Gasteiger partial charge in [-0.3, -0.25) is 0 Å². The van der Waals surface area contributed by atoms with E-state index in [1.54, 1.807) is 0 Å². The lowest BCUT2D eigenvalue weighted by Gasteiger charge is -2.30. The van der Waals surface area contributed by atoms with Crippen LogP contribution in [0, 0.1) is 0 Å². The first-order valence-corrected chi connectivity index (χ1v) is 6.59. The molecule has 1 aromatic carbocycles. The summed E-state index contributed by atoms with van der Waals surface area (Å²) in [6, 6.07) is 13.6. The minimum Gasteiger partial charge on any atom is -0.309 e. The fourth-order valence-electron chi connectivity index (χ4n) is 2.48. The summed E-state index contributed by atoms with van der Waals surface area (Å²) >= 11 is 1.89. The second kappa shape index (κ2) is 4.04. The third-order valence-corrected chi connectivity index (χ3v) is 4.38. The van der Waals surface area contributed by atoms with E-state index in [4.69, 9.17) is 0 Å². The van der Waals surface area contributed by atoms with E-state index < -0.39 is 0 Å². The highest BCUT2D eigenvalue weighted by Crippen LogP contribution is 2.37. The van der Waals surface area contributed by atoms with Crippen LogP contribution < -0.4 is 5.32 Å². The molecular weight excluding hydrogens is 214 g/mol. The second-order valence-electron chi connectivity index (χ2n) is 4.37. The van der Waals surface area contributed by atoms with Gasteiger partial charge in [-0.05, 0) is 29.5 Å². The van der Waals surface area contributed by atoms with Gasteiger partial charge in [0.25, 0.3) is 0 Å². The van der Waals surface area contributed by atoms with E-state index in [9.17, 15) is 0 Å². The maximum absolute atomic E-state index is 3.58.